The molecule has 5 heteroatoms. The first-order valence-electron chi connectivity index (χ1n) is 6.21. The highest BCUT2D eigenvalue weighted by Gasteiger charge is 2.07. The van der Waals surface area contributed by atoms with Crippen LogP contribution in [0.4, 0.5) is 0 Å². The molecule has 1 heterocycles. The molecular formula is C14H18BrN3O. The lowest BCUT2D eigenvalue weighted by molar-refractivity contribution is 0.199. The van der Waals surface area contributed by atoms with Crippen LogP contribution in [0.1, 0.15) is 11.3 Å². The molecule has 1 aromatic carbocycles. The van der Waals surface area contributed by atoms with E-state index in [1.54, 1.807) is 7.11 Å². The molecule has 0 bridgehead atoms. The van der Waals surface area contributed by atoms with Gasteiger partial charge in [0.2, 0.25) is 0 Å². The summed E-state index contributed by atoms with van der Waals surface area (Å²) in [7, 11) is 1.70. The Hall–Kier alpha value is -1.17. The zero-order valence-corrected chi connectivity index (χ0v) is 12.8. The van der Waals surface area contributed by atoms with Gasteiger partial charge in [0, 0.05) is 42.1 Å². The van der Waals surface area contributed by atoms with Crippen LogP contribution in [0.25, 0.3) is 11.4 Å². The van der Waals surface area contributed by atoms with Crippen LogP contribution in [0.2, 0.25) is 0 Å². The molecule has 0 saturated carbocycles. The summed E-state index contributed by atoms with van der Waals surface area (Å²) in [6.07, 6.45) is 1.86. The molecule has 0 aliphatic heterocycles. The number of aryl methyl sites for hydroxylation is 1. The van der Waals surface area contributed by atoms with Crippen LogP contribution >= 0.6 is 15.9 Å². The summed E-state index contributed by atoms with van der Waals surface area (Å²) in [6.45, 7) is 4.38. The Balaban J connectivity index is 2.04. The molecule has 19 heavy (non-hydrogen) atoms. The first-order valence-corrected chi connectivity index (χ1v) is 7.00. The second kappa shape index (κ2) is 6.84. The topological polar surface area (TPSA) is 49.9 Å². The Morgan fingerprint density at radius 2 is 2.26 bits per heavy atom. The predicted octanol–water partition coefficient (Wildman–Crippen LogP) is 2.88. The van der Waals surface area contributed by atoms with Gasteiger partial charge in [-0.15, -0.1) is 0 Å². The molecule has 0 unspecified atom stereocenters. The maximum absolute atomic E-state index is 4.99. The van der Waals surface area contributed by atoms with Crippen molar-refractivity contribution in [3.05, 3.63) is 40.1 Å². The fourth-order valence-corrected chi connectivity index (χ4v) is 2.48. The number of ether oxygens (including phenoxy) is 1. The second-order valence-electron chi connectivity index (χ2n) is 4.41. The zero-order valence-electron chi connectivity index (χ0n) is 11.2. The van der Waals surface area contributed by atoms with E-state index in [4.69, 9.17) is 4.74 Å². The molecule has 2 N–H and O–H groups in total. The summed E-state index contributed by atoms with van der Waals surface area (Å²) < 4.78 is 6.04. The van der Waals surface area contributed by atoms with Gasteiger partial charge in [-0.2, -0.15) is 0 Å². The van der Waals surface area contributed by atoms with E-state index in [0.29, 0.717) is 6.61 Å². The summed E-state index contributed by atoms with van der Waals surface area (Å²) in [5.41, 5.74) is 3.37. The van der Waals surface area contributed by atoms with Gasteiger partial charge in [-0.1, -0.05) is 22.0 Å². The summed E-state index contributed by atoms with van der Waals surface area (Å²) >= 11 is 3.57. The van der Waals surface area contributed by atoms with Crippen molar-refractivity contribution in [1.82, 2.24) is 15.3 Å². The van der Waals surface area contributed by atoms with Gasteiger partial charge in [0.25, 0.3) is 0 Å². The van der Waals surface area contributed by atoms with Crippen molar-refractivity contribution in [2.45, 2.75) is 13.5 Å². The zero-order chi connectivity index (χ0) is 13.7. The van der Waals surface area contributed by atoms with Crippen LogP contribution in [-0.4, -0.2) is 30.2 Å². The quantitative estimate of drug-likeness (QED) is 0.804. The van der Waals surface area contributed by atoms with Crippen molar-refractivity contribution in [2.24, 2.45) is 0 Å². The van der Waals surface area contributed by atoms with E-state index in [1.807, 2.05) is 6.20 Å². The monoisotopic (exact) mass is 323 g/mol. The number of aromatic amines is 1. The van der Waals surface area contributed by atoms with Gasteiger partial charge in [-0.05, 0) is 24.6 Å². The van der Waals surface area contributed by atoms with E-state index < -0.39 is 0 Å². The molecule has 2 aromatic rings. The summed E-state index contributed by atoms with van der Waals surface area (Å²) in [6, 6.07) is 6.24. The first-order chi connectivity index (χ1) is 9.20. The summed E-state index contributed by atoms with van der Waals surface area (Å²) in [5, 5.41) is 3.28. The third-order valence-corrected chi connectivity index (χ3v) is 3.46. The third-order valence-electron chi connectivity index (χ3n) is 2.81. The Morgan fingerprint density at radius 3 is 3.00 bits per heavy atom. The van der Waals surface area contributed by atoms with E-state index in [1.165, 1.54) is 5.56 Å². The molecule has 2 rings (SSSR count). The molecular weight excluding hydrogens is 306 g/mol. The van der Waals surface area contributed by atoms with Crippen LogP contribution in [0.15, 0.2) is 28.9 Å². The van der Waals surface area contributed by atoms with Crippen LogP contribution in [0.3, 0.4) is 0 Å². The molecule has 0 fully saturated rings. The number of aromatic nitrogens is 2. The molecule has 0 aliphatic rings. The maximum Gasteiger partial charge on any atom is 0.138 e. The fraction of sp³-hybridized carbons (Fsp3) is 0.357. The SMILES string of the molecule is COCCNCc1cnc(-c2ccc(C)cc2Br)[nH]1. The number of rotatable bonds is 6. The van der Waals surface area contributed by atoms with Gasteiger partial charge in [0.15, 0.2) is 0 Å². The molecule has 4 nitrogen and oxygen atoms in total. The third kappa shape index (κ3) is 3.89. The minimum absolute atomic E-state index is 0.713. The standard InChI is InChI=1S/C14H18BrN3O/c1-10-3-4-12(13(15)7-10)14-17-9-11(18-14)8-16-5-6-19-2/h3-4,7,9,16H,5-6,8H2,1-2H3,(H,17,18). The Kier molecular flexibility index (Phi) is 5.13. The van der Waals surface area contributed by atoms with Crippen molar-refractivity contribution in [1.29, 1.82) is 0 Å². The van der Waals surface area contributed by atoms with Crippen molar-refractivity contribution in [3.8, 4) is 11.4 Å². The first kappa shape index (κ1) is 14.2. The average molecular weight is 324 g/mol. The van der Waals surface area contributed by atoms with Crippen molar-refractivity contribution in [2.75, 3.05) is 20.3 Å². The lowest BCUT2D eigenvalue weighted by Gasteiger charge is -2.03. The molecule has 0 spiro atoms. The highest BCUT2D eigenvalue weighted by molar-refractivity contribution is 9.10. The van der Waals surface area contributed by atoms with Crippen LogP contribution in [0, 0.1) is 6.92 Å². The van der Waals surface area contributed by atoms with Crippen LogP contribution < -0.4 is 5.32 Å². The number of hydrogen-bond acceptors (Lipinski definition) is 3. The number of nitrogens with zero attached hydrogens (tertiary/aromatic N) is 1. The van der Waals surface area contributed by atoms with Crippen molar-refractivity contribution in [3.63, 3.8) is 0 Å². The van der Waals surface area contributed by atoms with Gasteiger partial charge < -0.3 is 15.0 Å². The number of benzene rings is 1. The van der Waals surface area contributed by atoms with E-state index in [2.05, 4.69) is 56.3 Å². The highest BCUT2D eigenvalue weighted by atomic mass is 79.9. The second-order valence-corrected chi connectivity index (χ2v) is 5.26. The molecule has 0 aliphatic carbocycles. The van der Waals surface area contributed by atoms with Gasteiger partial charge in [0.05, 0.1) is 6.61 Å². The molecule has 1 aromatic heterocycles. The number of halogens is 1. The Morgan fingerprint density at radius 1 is 1.42 bits per heavy atom. The normalized spacial score (nSPS) is 10.9. The van der Waals surface area contributed by atoms with Gasteiger partial charge >= 0.3 is 0 Å². The number of H-pyrrole nitrogens is 1. The predicted molar refractivity (Wildman–Crippen MR) is 80.0 cm³/mol. The summed E-state index contributed by atoms with van der Waals surface area (Å²) in [4.78, 5) is 7.74. The highest BCUT2D eigenvalue weighted by Crippen LogP contribution is 2.26. The Bertz CT molecular complexity index is 539. The molecule has 0 saturated heterocycles. The molecule has 102 valence electrons. The lowest BCUT2D eigenvalue weighted by atomic mass is 10.1. The van der Waals surface area contributed by atoms with E-state index >= 15 is 0 Å². The number of imidazole rings is 1. The molecule has 0 atom stereocenters. The van der Waals surface area contributed by atoms with Crippen molar-refractivity contribution >= 4 is 15.9 Å². The lowest BCUT2D eigenvalue weighted by Crippen LogP contribution is -2.18. The minimum Gasteiger partial charge on any atom is -0.383 e. The molecule has 0 amide bonds. The number of methoxy groups -OCH3 is 1. The van der Waals surface area contributed by atoms with Crippen molar-refractivity contribution < 1.29 is 4.74 Å². The van der Waals surface area contributed by atoms with E-state index in [-0.39, 0.29) is 0 Å². The largest absolute Gasteiger partial charge is 0.383 e. The van der Waals surface area contributed by atoms with E-state index in [0.717, 1.165) is 34.6 Å². The summed E-state index contributed by atoms with van der Waals surface area (Å²) in [5.74, 6) is 0.885. The van der Waals surface area contributed by atoms with Gasteiger partial charge in [0.1, 0.15) is 5.82 Å². The minimum atomic E-state index is 0.713. The van der Waals surface area contributed by atoms with E-state index in [9.17, 15) is 0 Å². The smallest absolute Gasteiger partial charge is 0.138 e. The number of nitrogens with one attached hydrogen (secondary N) is 2. The average Bonchev–Trinajstić information content (AvgIpc) is 2.83. The maximum atomic E-state index is 4.99. The van der Waals surface area contributed by atoms with Gasteiger partial charge in [-0.25, -0.2) is 4.98 Å². The van der Waals surface area contributed by atoms with Crippen LogP contribution in [0.5, 0.6) is 0 Å². The van der Waals surface area contributed by atoms with Crippen LogP contribution in [-0.2, 0) is 11.3 Å². The molecule has 0 radical (unpaired) electrons. The fourth-order valence-electron chi connectivity index (χ4n) is 1.80. The number of hydrogen-bond donors (Lipinski definition) is 2. The van der Waals surface area contributed by atoms with Gasteiger partial charge in [-0.3, -0.25) is 0 Å². The Labute approximate surface area is 121 Å².